The molecule has 0 spiro atoms. The minimum Gasteiger partial charge on any atom is -0.412 e. The quantitative estimate of drug-likeness (QED) is 0.811. The van der Waals surface area contributed by atoms with Crippen molar-refractivity contribution in [3.8, 4) is 11.3 Å². The van der Waals surface area contributed by atoms with E-state index >= 15 is 0 Å². The van der Waals surface area contributed by atoms with Crippen LogP contribution in [0.5, 0.6) is 0 Å². The number of hydrogen-bond donors (Lipinski definition) is 2. The van der Waals surface area contributed by atoms with Gasteiger partial charge in [-0.3, -0.25) is 0 Å². The lowest BCUT2D eigenvalue weighted by molar-refractivity contribution is 0.824. The summed E-state index contributed by atoms with van der Waals surface area (Å²) in [5, 5.41) is 0. The van der Waals surface area contributed by atoms with Crippen LogP contribution in [0.2, 0.25) is 0 Å². The predicted octanol–water partition coefficient (Wildman–Crippen LogP) is 1.60. The van der Waals surface area contributed by atoms with Crippen molar-refractivity contribution in [2.24, 2.45) is 0 Å². The van der Waals surface area contributed by atoms with Gasteiger partial charge in [-0.15, -0.1) is 0 Å². The number of imidazole rings is 1. The lowest BCUT2D eigenvalue weighted by Crippen LogP contribution is -1.85. The van der Waals surface area contributed by atoms with Gasteiger partial charge in [-0.05, 0) is 17.7 Å². The summed E-state index contributed by atoms with van der Waals surface area (Å²) >= 11 is 3.37. The minimum absolute atomic E-state index is 0. The molecule has 0 atom stereocenters. The van der Waals surface area contributed by atoms with E-state index in [1.807, 2.05) is 24.3 Å². The molecule has 5 N–H and O–H groups in total. The maximum absolute atomic E-state index is 5.47. The topological polar surface area (TPSA) is 86.2 Å². The van der Waals surface area contributed by atoms with E-state index in [1.165, 1.54) is 0 Å². The lowest BCUT2D eigenvalue weighted by Gasteiger charge is -1.96. The molecule has 0 saturated carbocycles. The molecule has 0 aliphatic carbocycles. The third kappa shape index (κ3) is 2.12. The number of aromatic nitrogens is 2. The number of nitrogens with one attached hydrogen (secondary N) is 1. The highest BCUT2D eigenvalue weighted by Gasteiger charge is 1.99. The van der Waals surface area contributed by atoms with E-state index in [2.05, 4.69) is 25.9 Å². The first-order valence-corrected chi connectivity index (χ1v) is 4.61. The molecule has 2 aromatic rings. The van der Waals surface area contributed by atoms with Gasteiger partial charge in [0.25, 0.3) is 0 Å². The molecule has 0 bridgehead atoms. The average Bonchev–Trinajstić information content (AvgIpc) is 2.53. The Kier molecular flexibility index (Phi) is 3.27. The molecule has 74 valence electrons. The van der Waals surface area contributed by atoms with Gasteiger partial charge in [0.1, 0.15) is 0 Å². The van der Waals surface area contributed by atoms with Gasteiger partial charge < -0.3 is 16.2 Å². The van der Waals surface area contributed by atoms with E-state index < -0.39 is 0 Å². The smallest absolute Gasteiger partial charge is 0.197 e. The number of rotatable bonds is 1. The number of H-pyrrole nitrogens is 1. The van der Waals surface area contributed by atoms with Gasteiger partial charge >= 0.3 is 0 Å². The zero-order chi connectivity index (χ0) is 9.26. The molecular formula is C9H10BrN3O. The SMILES string of the molecule is Nc1ncc(-c2ccc(Br)cc2)[nH]1.O. The van der Waals surface area contributed by atoms with Crippen LogP contribution in [0, 0.1) is 0 Å². The van der Waals surface area contributed by atoms with Gasteiger partial charge in [-0.2, -0.15) is 0 Å². The highest BCUT2D eigenvalue weighted by atomic mass is 79.9. The van der Waals surface area contributed by atoms with Crippen LogP contribution in [0.25, 0.3) is 11.3 Å². The molecule has 0 saturated heterocycles. The van der Waals surface area contributed by atoms with Crippen molar-refractivity contribution >= 4 is 21.9 Å². The molecule has 4 nitrogen and oxygen atoms in total. The average molecular weight is 256 g/mol. The first-order valence-electron chi connectivity index (χ1n) is 3.82. The summed E-state index contributed by atoms with van der Waals surface area (Å²) in [5.41, 5.74) is 7.48. The fourth-order valence-corrected chi connectivity index (χ4v) is 1.38. The number of nitrogens with two attached hydrogens (primary N) is 1. The number of nitrogen functional groups attached to an aromatic ring is 1. The molecule has 0 aliphatic rings. The number of halogens is 1. The largest absolute Gasteiger partial charge is 0.412 e. The van der Waals surface area contributed by atoms with Gasteiger partial charge in [0.2, 0.25) is 0 Å². The van der Waals surface area contributed by atoms with Crippen LogP contribution in [0.15, 0.2) is 34.9 Å². The summed E-state index contributed by atoms with van der Waals surface area (Å²) in [6.45, 7) is 0. The molecule has 5 heteroatoms. The Morgan fingerprint density at radius 3 is 2.36 bits per heavy atom. The summed E-state index contributed by atoms with van der Waals surface area (Å²) < 4.78 is 1.06. The monoisotopic (exact) mass is 255 g/mol. The van der Waals surface area contributed by atoms with Gasteiger partial charge in [0, 0.05) is 4.47 Å². The fourth-order valence-electron chi connectivity index (χ4n) is 1.11. The first-order chi connectivity index (χ1) is 6.25. The highest BCUT2D eigenvalue weighted by molar-refractivity contribution is 9.10. The zero-order valence-electron chi connectivity index (χ0n) is 7.29. The van der Waals surface area contributed by atoms with Gasteiger partial charge in [-0.1, -0.05) is 28.1 Å². The summed E-state index contributed by atoms with van der Waals surface area (Å²) in [6.07, 6.45) is 1.72. The summed E-state index contributed by atoms with van der Waals surface area (Å²) in [6, 6.07) is 7.95. The number of anilines is 1. The maximum atomic E-state index is 5.47. The molecule has 0 amide bonds. The number of nitrogens with zero attached hydrogens (tertiary/aromatic N) is 1. The second-order valence-electron chi connectivity index (χ2n) is 2.69. The molecule has 0 aliphatic heterocycles. The van der Waals surface area contributed by atoms with Crippen LogP contribution in [-0.4, -0.2) is 15.4 Å². The standard InChI is InChI=1S/C9H8BrN3.H2O/c10-7-3-1-6(2-4-7)8-5-12-9(11)13-8;/h1-5H,(H3,11,12,13);1H2. The number of benzene rings is 1. The number of hydrogen-bond acceptors (Lipinski definition) is 2. The van der Waals surface area contributed by atoms with E-state index in [1.54, 1.807) is 6.20 Å². The summed E-state index contributed by atoms with van der Waals surface area (Å²) in [7, 11) is 0. The van der Waals surface area contributed by atoms with Gasteiger partial charge in [0.05, 0.1) is 11.9 Å². The third-order valence-corrected chi connectivity index (χ3v) is 2.28. The Morgan fingerprint density at radius 2 is 1.86 bits per heavy atom. The predicted molar refractivity (Wildman–Crippen MR) is 59.7 cm³/mol. The van der Waals surface area contributed by atoms with Crippen molar-refractivity contribution in [3.05, 3.63) is 34.9 Å². The maximum Gasteiger partial charge on any atom is 0.197 e. The Hall–Kier alpha value is -1.33. The van der Waals surface area contributed by atoms with Crippen LogP contribution in [0.4, 0.5) is 5.95 Å². The molecule has 1 aromatic heterocycles. The Bertz CT molecular complexity index is 410. The van der Waals surface area contributed by atoms with E-state index in [0.29, 0.717) is 5.95 Å². The summed E-state index contributed by atoms with van der Waals surface area (Å²) in [5.74, 6) is 0.443. The Labute approximate surface area is 89.6 Å². The second kappa shape index (κ2) is 4.26. The van der Waals surface area contributed by atoms with E-state index in [0.717, 1.165) is 15.7 Å². The van der Waals surface area contributed by atoms with Crippen LogP contribution in [0.3, 0.4) is 0 Å². The van der Waals surface area contributed by atoms with Crippen molar-refractivity contribution in [1.82, 2.24) is 9.97 Å². The lowest BCUT2D eigenvalue weighted by atomic mass is 10.2. The zero-order valence-corrected chi connectivity index (χ0v) is 8.88. The van der Waals surface area contributed by atoms with Crippen molar-refractivity contribution in [2.75, 3.05) is 5.73 Å². The van der Waals surface area contributed by atoms with E-state index in [-0.39, 0.29) is 5.48 Å². The van der Waals surface area contributed by atoms with Crippen molar-refractivity contribution in [1.29, 1.82) is 0 Å². The molecule has 2 rings (SSSR count). The molecular weight excluding hydrogens is 246 g/mol. The van der Waals surface area contributed by atoms with Crippen molar-refractivity contribution < 1.29 is 5.48 Å². The third-order valence-electron chi connectivity index (χ3n) is 1.75. The molecule has 0 fully saturated rings. The summed E-state index contributed by atoms with van der Waals surface area (Å²) in [4.78, 5) is 6.89. The molecule has 0 radical (unpaired) electrons. The Morgan fingerprint density at radius 1 is 1.21 bits per heavy atom. The van der Waals surface area contributed by atoms with Crippen molar-refractivity contribution in [2.45, 2.75) is 0 Å². The van der Waals surface area contributed by atoms with Crippen LogP contribution in [-0.2, 0) is 0 Å². The van der Waals surface area contributed by atoms with Crippen LogP contribution < -0.4 is 5.73 Å². The van der Waals surface area contributed by atoms with Crippen LogP contribution in [0.1, 0.15) is 0 Å². The molecule has 1 heterocycles. The van der Waals surface area contributed by atoms with Crippen LogP contribution >= 0.6 is 15.9 Å². The molecule has 14 heavy (non-hydrogen) atoms. The fraction of sp³-hybridized carbons (Fsp3) is 0. The van der Waals surface area contributed by atoms with Gasteiger partial charge in [-0.25, -0.2) is 4.98 Å². The Balaban J connectivity index is 0.000000980. The number of aromatic amines is 1. The second-order valence-corrected chi connectivity index (χ2v) is 3.60. The van der Waals surface area contributed by atoms with Gasteiger partial charge in [0.15, 0.2) is 5.95 Å². The normalized spacial score (nSPS) is 9.50. The van der Waals surface area contributed by atoms with E-state index in [4.69, 9.17) is 5.73 Å². The highest BCUT2D eigenvalue weighted by Crippen LogP contribution is 2.19. The van der Waals surface area contributed by atoms with E-state index in [9.17, 15) is 0 Å². The molecule has 0 unspecified atom stereocenters. The van der Waals surface area contributed by atoms with Crippen molar-refractivity contribution in [3.63, 3.8) is 0 Å². The molecule has 1 aromatic carbocycles. The minimum atomic E-state index is 0. The first kappa shape index (κ1) is 10.7.